The van der Waals surface area contributed by atoms with Crippen LogP contribution in [0, 0.1) is 0 Å². The molecule has 0 aromatic rings. The molecule has 0 rings (SSSR count). The average Bonchev–Trinajstić information content (AvgIpc) is 1.89. The zero-order valence-electron chi connectivity index (χ0n) is 5.48. The van der Waals surface area contributed by atoms with Crippen LogP contribution in [0.1, 0.15) is 0 Å². The normalized spacial score (nSPS) is 6.00. The molecule has 60 valence electrons. The van der Waals surface area contributed by atoms with Crippen LogP contribution in [0.5, 0.6) is 0 Å². The summed E-state index contributed by atoms with van der Waals surface area (Å²) < 4.78 is 0.384. The van der Waals surface area contributed by atoms with Crippen molar-refractivity contribution in [2.45, 2.75) is 0 Å². The quantitative estimate of drug-likeness (QED) is 0.0664. The number of nitrogens with zero attached hydrogens (tertiary/aromatic N) is 1. The summed E-state index contributed by atoms with van der Waals surface area (Å²) in [5.41, 5.74) is 2.12. The van der Waals surface area contributed by atoms with Crippen LogP contribution in [0.3, 0.4) is 0 Å². The number of hydrogen-bond acceptors (Lipinski definition) is 6. The molecule has 0 aromatic carbocycles. The molecule has 0 aliphatic heterocycles. The summed E-state index contributed by atoms with van der Waals surface area (Å²) in [6.07, 6.45) is 0. The van der Waals surface area contributed by atoms with E-state index in [4.69, 9.17) is 5.84 Å². The first-order chi connectivity index (χ1) is 4.54. The Morgan fingerprint density at radius 2 is 1.73 bits per heavy atom. The third-order valence-electron chi connectivity index (χ3n) is 0.229. The molecule has 0 aliphatic rings. The smallest absolute Gasteiger partial charge is 0.787 e. The van der Waals surface area contributed by atoms with Gasteiger partial charge in [-0.2, -0.15) is 0 Å². The minimum Gasteiger partial charge on any atom is -0.787 e. The molecule has 0 saturated carbocycles. The Hall–Kier alpha value is 0.733. The van der Waals surface area contributed by atoms with E-state index in [1.54, 1.807) is 0 Å². The van der Waals surface area contributed by atoms with Crippen molar-refractivity contribution in [3.05, 3.63) is 0 Å². The van der Waals surface area contributed by atoms with E-state index in [1.165, 1.54) is 0 Å². The number of thiol groups is 1. The number of rotatable bonds is 0. The van der Waals surface area contributed by atoms with Gasteiger partial charge in [0.1, 0.15) is 4.32 Å². The van der Waals surface area contributed by atoms with Crippen LogP contribution in [0.2, 0.25) is 0 Å². The molecular weight excluding hydrogens is 274 g/mol. The van der Waals surface area contributed by atoms with Gasteiger partial charge in [0.2, 0.25) is 0 Å². The van der Waals surface area contributed by atoms with Crippen molar-refractivity contribution in [3.63, 3.8) is 0 Å². The van der Waals surface area contributed by atoms with E-state index in [2.05, 4.69) is 66.5 Å². The summed E-state index contributed by atoms with van der Waals surface area (Å²) >= 11 is 16.4. The van der Waals surface area contributed by atoms with Gasteiger partial charge in [-0.05, 0) is 0 Å². The SMILES string of the molecule is NN=C([S-])[S-].NNC(=S)S.[Zn+2]. The van der Waals surface area contributed by atoms with Gasteiger partial charge in [0.25, 0.3) is 0 Å². The minimum atomic E-state index is 0. The predicted molar refractivity (Wildman–Crippen MR) is 55.3 cm³/mol. The fourth-order valence-corrected chi connectivity index (χ4v) is 0. The van der Waals surface area contributed by atoms with E-state index in [-0.39, 0.29) is 23.9 Å². The fourth-order valence-electron chi connectivity index (χ4n) is 0. The van der Waals surface area contributed by atoms with E-state index in [0.29, 0.717) is 4.32 Å². The molecule has 0 spiro atoms. The summed E-state index contributed by atoms with van der Waals surface area (Å²) in [5, 5.41) is 2.94. The third-order valence-corrected chi connectivity index (χ3v) is 0.687. The van der Waals surface area contributed by atoms with E-state index in [1.807, 2.05) is 0 Å². The van der Waals surface area contributed by atoms with Gasteiger partial charge in [0, 0.05) is 0 Å². The molecule has 0 fully saturated rings. The average molecular weight is 280 g/mol. The number of hydrazone groups is 1. The molecule has 0 heterocycles. The Labute approximate surface area is 99.9 Å². The number of nitrogens with one attached hydrogen (secondary N) is 1. The summed E-state index contributed by atoms with van der Waals surface area (Å²) in [5.74, 6) is 9.25. The van der Waals surface area contributed by atoms with Gasteiger partial charge < -0.3 is 36.5 Å². The minimum absolute atomic E-state index is 0. The first-order valence-corrected chi connectivity index (χ1v) is 3.53. The molecule has 5 N–H and O–H groups in total. The molecule has 0 aromatic heterocycles. The molecule has 11 heavy (non-hydrogen) atoms. The molecule has 4 nitrogen and oxygen atoms in total. The van der Waals surface area contributed by atoms with Crippen molar-refractivity contribution in [1.82, 2.24) is 5.43 Å². The molecule has 0 atom stereocenters. The van der Waals surface area contributed by atoms with Crippen molar-refractivity contribution in [1.29, 1.82) is 0 Å². The van der Waals surface area contributed by atoms with Crippen LogP contribution in [0.4, 0.5) is 0 Å². The zero-order valence-corrected chi connectivity index (χ0v) is 11.8. The Balaban J connectivity index is -0.000000107. The van der Waals surface area contributed by atoms with Gasteiger partial charge in [-0.1, -0.05) is 12.2 Å². The van der Waals surface area contributed by atoms with Gasteiger partial charge in [-0.3, -0.25) is 0 Å². The van der Waals surface area contributed by atoms with Crippen LogP contribution in [0.25, 0.3) is 0 Å². The monoisotopic (exact) mass is 278 g/mol. The van der Waals surface area contributed by atoms with Crippen molar-refractivity contribution in [2.24, 2.45) is 16.8 Å². The van der Waals surface area contributed by atoms with Crippen molar-refractivity contribution in [3.8, 4) is 0 Å². The van der Waals surface area contributed by atoms with Gasteiger partial charge in [0.15, 0.2) is 0 Å². The number of thiocarbonyl (C=S) groups is 1. The number of hydrogen-bond donors (Lipinski definition) is 4. The van der Waals surface area contributed by atoms with Crippen LogP contribution >= 0.6 is 24.8 Å². The van der Waals surface area contributed by atoms with Crippen molar-refractivity contribution >= 4 is 58.8 Å². The molecule has 0 bridgehead atoms. The zero-order chi connectivity index (χ0) is 8.57. The first kappa shape index (κ1) is 17.7. The molecule has 9 heteroatoms. The summed E-state index contributed by atoms with van der Waals surface area (Å²) in [6, 6.07) is 0. The Morgan fingerprint density at radius 3 is 1.73 bits per heavy atom. The van der Waals surface area contributed by atoms with Crippen LogP contribution < -0.4 is 17.1 Å². The Morgan fingerprint density at radius 1 is 1.55 bits per heavy atom. The first-order valence-electron chi connectivity index (χ1n) is 1.86. The standard InChI is InChI=1S/2CH4N2S2.Zn/c2*2-3-1(4)5;/h2*2H2,(H2,3,4,5);/q;;+2/p-2. The molecular formula is C2H6N4S4Zn. The number of nitrogens with two attached hydrogens (primary N) is 2. The third kappa shape index (κ3) is 36.5. The van der Waals surface area contributed by atoms with E-state index >= 15 is 0 Å². The van der Waals surface area contributed by atoms with Gasteiger partial charge in [0.05, 0.1) is 0 Å². The molecule has 0 saturated heterocycles. The Bertz CT molecular complexity index is 123. The summed E-state index contributed by atoms with van der Waals surface area (Å²) in [7, 11) is 0. The molecule has 0 unspecified atom stereocenters. The molecule has 0 amide bonds. The second-order valence-electron chi connectivity index (χ2n) is 0.844. The van der Waals surface area contributed by atoms with Gasteiger partial charge >= 0.3 is 19.5 Å². The van der Waals surface area contributed by atoms with Crippen molar-refractivity contribution in [2.75, 3.05) is 0 Å². The van der Waals surface area contributed by atoms with Gasteiger partial charge in [-0.15, -0.1) is 12.6 Å². The van der Waals surface area contributed by atoms with Crippen LogP contribution in [-0.2, 0) is 44.7 Å². The molecule has 0 radical (unpaired) electrons. The largest absolute Gasteiger partial charge is 2.00 e. The molecule has 0 aliphatic carbocycles. The summed E-state index contributed by atoms with van der Waals surface area (Å²) in [6.45, 7) is 0. The van der Waals surface area contributed by atoms with Gasteiger partial charge in [-0.25, -0.2) is 15.3 Å². The second-order valence-corrected chi connectivity index (χ2v) is 3.03. The van der Waals surface area contributed by atoms with E-state index in [0.717, 1.165) is 0 Å². The fraction of sp³-hybridized carbons (Fsp3) is 0. The maximum Gasteiger partial charge on any atom is 2.00 e. The maximum atomic E-state index is 4.70. The van der Waals surface area contributed by atoms with E-state index in [9.17, 15) is 0 Å². The van der Waals surface area contributed by atoms with E-state index < -0.39 is 0 Å². The maximum absolute atomic E-state index is 4.70. The van der Waals surface area contributed by atoms with Crippen LogP contribution in [0.15, 0.2) is 5.10 Å². The van der Waals surface area contributed by atoms with Crippen molar-refractivity contribution < 1.29 is 19.5 Å². The summed E-state index contributed by atoms with van der Waals surface area (Å²) in [4.78, 5) is 0. The Kier molecular flexibility index (Phi) is 21.5. The number of hydrazine groups is 1. The van der Waals surface area contributed by atoms with Crippen LogP contribution in [-0.4, -0.2) is 8.70 Å². The topological polar surface area (TPSA) is 76.4 Å². The predicted octanol–water partition coefficient (Wildman–Crippen LogP) is -1.03. The second kappa shape index (κ2) is 13.3.